The van der Waals surface area contributed by atoms with Gasteiger partial charge in [0, 0.05) is 18.6 Å². The van der Waals surface area contributed by atoms with E-state index >= 15 is 0 Å². The number of hydrogen-bond acceptors (Lipinski definition) is 5. The van der Waals surface area contributed by atoms with E-state index in [1.165, 1.54) is 0 Å². The van der Waals surface area contributed by atoms with Crippen LogP contribution in [0.4, 0.5) is 5.82 Å². The number of hydrogen-bond donors (Lipinski definition) is 2. The summed E-state index contributed by atoms with van der Waals surface area (Å²) in [6, 6.07) is 1.86. The van der Waals surface area contributed by atoms with Gasteiger partial charge in [-0.15, -0.1) is 0 Å². The highest BCUT2D eigenvalue weighted by Crippen LogP contribution is 2.21. The zero-order chi connectivity index (χ0) is 15.3. The van der Waals surface area contributed by atoms with Crippen LogP contribution < -0.4 is 5.32 Å². The van der Waals surface area contributed by atoms with E-state index in [0.29, 0.717) is 12.5 Å². The summed E-state index contributed by atoms with van der Waals surface area (Å²) in [6.07, 6.45) is 0. The lowest BCUT2D eigenvalue weighted by Gasteiger charge is -2.23. The van der Waals surface area contributed by atoms with Gasteiger partial charge in [-0.1, -0.05) is 34.6 Å². The molecule has 1 heterocycles. The van der Waals surface area contributed by atoms with Gasteiger partial charge in [0.15, 0.2) is 0 Å². The van der Waals surface area contributed by atoms with Gasteiger partial charge in [0.05, 0.1) is 24.9 Å². The molecule has 5 heteroatoms. The van der Waals surface area contributed by atoms with Crippen LogP contribution in [0.5, 0.6) is 0 Å². The molecule has 20 heavy (non-hydrogen) atoms. The molecule has 1 aromatic rings. The fourth-order valence-electron chi connectivity index (χ4n) is 1.74. The third-order valence-corrected chi connectivity index (χ3v) is 3.08. The molecule has 0 radical (unpaired) electrons. The van der Waals surface area contributed by atoms with Crippen molar-refractivity contribution >= 4 is 5.82 Å². The summed E-state index contributed by atoms with van der Waals surface area (Å²) in [5, 5.41) is 12.7. The first-order chi connectivity index (χ1) is 9.27. The number of nitrogens with one attached hydrogen (secondary N) is 1. The van der Waals surface area contributed by atoms with Crippen LogP contribution >= 0.6 is 0 Å². The minimum Gasteiger partial charge on any atom is -0.394 e. The molecule has 0 aliphatic rings. The normalized spacial score (nSPS) is 13.6. The third-order valence-electron chi connectivity index (χ3n) is 3.08. The first kappa shape index (κ1) is 16.9. The van der Waals surface area contributed by atoms with E-state index in [4.69, 9.17) is 4.74 Å². The highest BCUT2D eigenvalue weighted by Gasteiger charge is 2.20. The zero-order valence-corrected chi connectivity index (χ0v) is 13.4. The summed E-state index contributed by atoms with van der Waals surface area (Å²) < 4.78 is 5.16. The maximum Gasteiger partial charge on any atom is 0.136 e. The van der Waals surface area contributed by atoms with E-state index in [1.807, 2.05) is 6.07 Å². The van der Waals surface area contributed by atoms with E-state index in [-0.39, 0.29) is 18.1 Å². The van der Waals surface area contributed by atoms with Gasteiger partial charge in [0.2, 0.25) is 0 Å². The predicted octanol–water partition coefficient (Wildman–Crippen LogP) is 2.35. The first-order valence-corrected chi connectivity index (χ1v) is 7.02. The molecule has 1 atom stereocenters. The van der Waals surface area contributed by atoms with Crippen molar-refractivity contribution < 1.29 is 9.84 Å². The Morgan fingerprint density at radius 2 is 1.95 bits per heavy atom. The van der Waals surface area contributed by atoms with E-state index in [9.17, 15) is 5.11 Å². The van der Waals surface area contributed by atoms with Crippen molar-refractivity contribution in [3.8, 4) is 0 Å². The van der Waals surface area contributed by atoms with Crippen LogP contribution in [0.2, 0.25) is 0 Å². The van der Waals surface area contributed by atoms with Crippen LogP contribution in [0, 0.1) is 5.92 Å². The summed E-state index contributed by atoms with van der Waals surface area (Å²) in [4.78, 5) is 9.10. The van der Waals surface area contributed by atoms with Gasteiger partial charge < -0.3 is 15.2 Å². The van der Waals surface area contributed by atoms with Gasteiger partial charge in [-0.05, 0) is 5.92 Å². The first-order valence-electron chi connectivity index (χ1n) is 7.02. The second-order valence-corrected chi connectivity index (χ2v) is 6.43. The molecular formula is C15H27N3O2. The molecule has 5 nitrogen and oxygen atoms in total. The summed E-state index contributed by atoms with van der Waals surface area (Å²) in [6.45, 7) is 10.9. The lowest BCUT2D eigenvalue weighted by molar-refractivity contribution is 0.181. The van der Waals surface area contributed by atoms with Crippen molar-refractivity contribution in [2.75, 3.05) is 19.0 Å². The van der Waals surface area contributed by atoms with Gasteiger partial charge in [0.1, 0.15) is 11.6 Å². The largest absolute Gasteiger partial charge is 0.394 e. The van der Waals surface area contributed by atoms with Gasteiger partial charge in [-0.2, -0.15) is 0 Å². The fourth-order valence-corrected chi connectivity index (χ4v) is 1.74. The SMILES string of the molecule is COCc1cc(N[C@H](CO)C(C)C)nc(C(C)(C)C)n1. The number of aliphatic hydroxyl groups excluding tert-OH is 1. The van der Waals surface area contributed by atoms with Crippen molar-refractivity contribution in [2.24, 2.45) is 5.92 Å². The Balaban J connectivity index is 3.08. The Morgan fingerprint density at radius 3 is 2.40 bits per heavy atom. The second kappa shape index (κ2) is 6.99. The number of aromatic nitrogens is 2. The molecule has 2 N–H and O–H groups in total. The molecule has 0 unspecified atom stereocenters. The molecular weight excluding hydrogens is 254 g/mol. The smallest absolute Gasteiger partial charge is 0.136 e. The molecule has 0 saturated heterocycles. The Hall–Kier alpha value is -1.20. The number of ether oxygens (including phenoxy) is 1. The quantitative estimate of drug-likeness (QED) is 0.838. The average Bonchev–Trinajstić information content (AvgIpc) is 2.34. The zero-order valence-electron chi connectivity index (χ0n) is 13.4. The highest BCUT2D eigenvalue weighted by atomic mass is 16.5. The maximum absolute atomic E-state index is 9.43. The lowest BCUT2D eigenvalue weighted by atomic mass is 9.95. The number of nitrogens with zero attached hydrogens (tertiary/aromatic N) is 2. The molecule has 0 aromatic carbocycles. The van der Waals surface area contributed by atoms with Gasteiger partial charge in [0.25, 0.3) is 0 Å². The van der Waals surface area contributed by atoms with Crippen LogP contribution in [0.3, 0.4) is 0 Å². The minimum absolute atomic E-state index is 0.0203. The molecule has 1 rings (SSSR count). The van der Waals surface area contributed by atoms with Crippen LogP contribution in [0.1, 0.15) is 46.1 Å². The molecule has 0 saturated carbocycles. The van der Waals surface area contributed by atoms with Crippen molar-refractivity contribution in [3.63, 3.8) is 0 Å². The Kier molecular flexibility index (Phi) is 5.89. The van der Waals surface area contributed by atoms with E-state index < -0.39 is 0 Å². The Morgan fingerprint density at radius 1 is 1.30 bits per heavy atom. The van der Waals surface area contributed by atoms with Crippen molar-refractivity contribution in [1.29, 1.82) is 0 Å². The summed E-state index contributed by atoms with van der Waals surface area (Å²) in [5.74, 6) is 1.83. The third kappa shape index (κ3) is 4.72. The molecule has 0 bridgehead atoms. The number of aliphatic hydroxyl groups is 1. The van der Waals surface area contributed by atoms with Crippen molar-refractivity contribution in [2.45, 2.75) is 52.7 Å². The maximum atomic E-state index is 9.43. The molecule has 0 fully saturated rings. The highest BCUT2D eigenvalue weighted by molar-refractivity contribution is 5.38. The second-order valence-electron chi connectivity index (χ2n) is 6.43. The van der Waals surface area contributed by atoms with Crippen LogP contribution in [-0.2, 0) is 16.8 Å². The monoisotopic (exact) mass is 281 g/mol. The average molecular weight is 281 g/mol. The fraction of sp³-hybridized carbons (Fsp3) is 0.733. The van der Waals surface area contributed by atoms with Crippen LogP contribution in [0.25, 0.3) is 0 Å². The number of anilines is 1. The van der Waals surface area contributed by atoms with Crippen LogP contribution in [-0.4, -0.2) is 34.8 Å². The van der Waals surface area contributed by atoms with E-state index in [1.54, 1.807) is 7.11 Å². The van der Waals surface area contributed by atoms with Crippen LogP contribution in [0.15, 0.2) is 6.07 Å². The molecule has 0 aliphatic heterocycles. The summed E-state index contributed by atoms with van der Waals surface area (Å²) in [7, 11) is 1.65. The Bertz CT molecular complexity index is 428. The standard InChI is InChI=1S/C15H27N3O2/c1-10(2)12(8-19)17-13-7-11(9-20-6)16-14(18-13)15(3,4)5/h7,10,12,19H,8-9H2,1-6H3,(H,16,17,18)/t12-/m1/s1. The minimum atomic E-state index is -0.132. The number of rotatable bonds is 6. The summed E-state index contributed by atoms with van der Waals surface area (Å²) in [5.41, 5.74) is 0.711. The van der Waals surface area contributed by atoms with Gasteiger partial charge >= 0.3 is 0 Å². The van der Waals surface area contributed by atoms with Crippen molar-refractivity contribution in [3.05, 3.63) is 17.6 Å². The predicted molar refractivity (Wildman–Crippen MR) is 80.8 cm³/mol. The molecule has 1 aromatic heterocycles. The Labute approximate surface area is 121 Å². The topological polar surface area (TPSA) is 67.3 Å². The van der Waals surface area contributed by atoms with Crippen molar-refractivity contribution in [1.82, 2.24) is 9.97 Å². The summed E-state index contributed by atoms with van der Waals surface area (Å²) >= 11 is 0. The number of methoxy groups -OCH3 is 1. The molecule has 114 valence electrons. The molecule has 0 spiro atoms. The van der Waals surface area contributed by atoms with E-state index in [0.717, 1.165) is 17.3 Å². The van der Waals surface area contributed by atoms with Gasteiger partial charge in [-0.25, -0.2) is 9.97 Å². The van der Waals surface area contributed by atoms with Gasteiger partial charge in [-0.3, -0.25) is 0 Å². The lowest BCUT2D eigenvalue weighted by Crippen LogP contribution is -2.30. The molecule has 0 aliphatic carbocycles. The van der Waals surface area contributed by atoms with E-state index in [2.05, 4.69) is 49.9 Å². The molecule has 0 amide bonds.